The van der Waals surface area contributed by atoms with E-state index in [1.165, 1.54) is 6.07 Å². The van der Waals surface area contributed by atoms with Crippen LogP contribution in [0.1, 0.15) is 11.4 Å². The Morgan fingerprint density at radius 2 is 2.17 bits per heavy atom. The lowest BCUT2D eigenvalue weighted by molar-refractivity contribution is 0.492. The van der Waals surface area contributed by atoms with Gasteiger partial charge in [0.2, 0.25) is 0 Å². The molecule has 0 aliphatic heterocycles. The lowest BCUT2D eigenvalue weighted by Gasteiger charge is -2.06. The zero-order valence-corrected chi connectivity index (χ0v) is 10.2. The summed E-state index contributed by atoms with van der Waals surface area (Å²) in [6.45, 7) is 0.981. The van der Waals surface area contributed by atoms with Gasteiger partial charge < -0.3 is 9.88 Å². The Hall–Kier alpha value is -1.75. The largest absolute Gasteiger partial charge is 0.338 e. The van der Waals surface area contributed by atoms with Crippen LogP contribution < -0.4 is 5.32 Å². The van der Waals surface area contributed by atoms with Gasteiger partial charge in [-0.1, -0.05) is 12.1 Å². The summed E-state index contributed by atoms with van der Waals surface area (Å²) in [6, 6.07) is 4.20. The van der Waals surface area contributed by atoms with Gasteiger partial charge in [-0.25, -0.2) is 13.8 Å². The minimum absolute atomic E-state index is 0.314. The van der Waals surface area contributed by atoms with Crippen LogP contribution in [0, 0.1) is 11.6 Å². The molecule has 1 aromatic heterocycles. The molecule has 0 fully saturated rings. The van der Waals surface area contributed by atoms with E-state index in [-0.39, 0.29) is 0 Å². The molecule has 1 N–H and O–H groups in total. The fourth-order valence-corrected chi connectivity index (χ4v) is 1.75. The standard InChI is InChI=1S/C13H15F2N3/c1-18-8-7-17-12(18)5-6-16-9-10-3-2-4-11(14)13(10)15/h2-4,7-8,16H,5-6,9H2,1H3. The predicted octanol–water partition coefficient (Wildman–Crippen LogP) is 2.03. The highest BCUT2D eigenvalue weighted by atomic mass is 19.2. The fourth-order valence-electron chi connectivity index (χ4n) is 1.75. The van der Waals surface area contributed by atoms with Gasteiger partial charge in [-0.2, -0.15) is 0 Å². The van der Waals surface area contributed by atoms with Gasteiger partial charge in [0.05, 0.1) is 0 Å². The van der Waals surface area contributed by atoms with Crippen molar-refractivity contribution < 1.29 is 8.78 Å². The lowest BCUT2D eigenvalue weighted by atomic mass is 10.2. The Kier molecular flexibility index (Phi) is 4.04. The van der Waals surface area contributed by atoms with Crippen molar-refractivity contribution in [2.75, 3.05) is 6.54 Å². The van der Waals surface area contributed by atoms with Crippen LogP contribution >= 0.6 is 0 Å². The van der Waals surface area contributed by atoms with Crippen molar-refractivity contribution in [1.82, 2.24) is 14.9 Å². The summed E-state index contributed by atoms with van der Waals surface area (Å²) in [5, 5.41) is 3.08. The number of hydrogen-bond acceptors (Lipinski definition) is 2. The van der Waals surface area contributed by atoms with Crippen molar-refractivity contribution in [3.63, 3.8) is 0 Å². The quantitative estimate of drug-likeness (QED) is 0.824. The zero-order chi connectivity index (χ0) is 13.0. The monoisotopic (exact) mass is 251 g/mol. The molecule has 18 heavy (non-hydrogen) atoms. The smallest absolute Gasteiger partial charge is 0.163 e. The normalized spacial score (nSPS) is 10.8. The summed E-state index contributed by atoms with van der Waals surface area (Å²) in [6.07, 6.45) is 4.36. The highest BCUT2D eigenvalue weighted by Gasteiger charge is 2.06. The minimum Gasteiger partial charge on any atom is -0.338 e. The molecular formula is C13H15F2N3. The molecule has 0 saturated carbocycles. The van der Waals surface area contributed by atoms with Crippen LogP contribution in [0.15, 0.2) is 30.6 Å². The Labute approximate surface area is 104 Å². The molecule has 1 aromatic carbocycles. The number of hydrogen-bond donors (Lipinski definition) is 1. The van der Waals surface area contributed by atoms with Gasteiger partial charge in [0.25, 0.3) is 0 Å². The van der Waals surface area contributed by atoms with E-state index in [0.717, 1.165) is 18.3 Å². The van der Waals surface area contributed by atoms with Gasteiger partial charge >= 0.3 is 0 Å². The van der Waals surface area contributed by atoms with Crippen LogP contribution in [0.25, 0.3) is 0 Å². The van der Waals surface area contributed by atoms with E-state index in [0.29, 0.717) is 18.7 Å². The number of aryl methyl sites for hydroxylation is 1. The van der Waals surface area contributed by atoms with Crippen molar-refractivity contribution in [1.29, 1.82) is 0 Å². The molecule has 3 nitrogen and oxygen atoms in total. The first-order valence-electron chi connectivity index (χ1n) is 5.78. The molecule has 0 atom stereocenters. The van der Waals surface area contributed by atoms with Gasteiger partial charge in [0, 0.05) is 44.5 Å². The van der Waals surface area contributed by atoms with Crippen LogP contribution in [0.4, 0.5) is 8.78 Å². The first-order chi connectivity index (χ1) is 8.68. The Morgan fingerprint density at radius 3 is 2.89 bits per heavy atom. The second kappa shape index (κ2) is 5.73. The minimum atomic E-state index is -0.807. The van der Waals surface area contributed by atoms with E-state index in [1.807, 2.05) is 17.8 Å². The average Bonchev–Trinajstić information content (AvgIpc) is 2.76. The third kappa shape index (κ3) is 2.92. The number of rotatable bonds is 5. The van der Waals surface area contributed by atoms with E-state index in [1.54, 1.807) is 12.3 Å². The molecule has 5 heteroatoms. The van der Waals surface area contributed by atoms with E-state index in [4.69, 9.17) is 0 Å². The molecule has 0 unspecified atom stereocenters. The summed E-state index contributed by atoms with van der Waals surface area (Å²) in [4.78, 5) is 4.18. The Bertz CT molecular complexity index is 523. The van der Waals surface area contributed by atoms with Gasteiger partial charge in [-0.15, -0.1) is 0 Å². The molecule has 2 aromatic rings. The van der Waals surface area contributed by atoms with Crippen molar-refractivity contribution in [3.8, 4) is 0 Å². The number of nitrogens with zero attached hydrogens (tertiary/aromatic N) is 2. The summed E-state index contributed by atoms with van der Waals surface area (Å²) < 4.78 is 28.2. The van der Waals surface area contributed by atoms with Crippen LogP contribution in [0.5, 0.6) is 0 Å². The number of imidazole rings is 1. The van der Waals surface area contributed by atoms with E-state index in [9.17, 15) is 8.78 Å². The van der Waals surface area contributed by atoms with Crippen LogP contribution in [0.2, 0.25) is 0 Å². The summed E-state index contributed by atoms with van der Waals surface area (Å²) >= 11 is 0. The Balaban J connectivity index is 1.82. The first kappa shape index (κ1) is 12.7. The lowest BCUT2D eigenvalue weighted by Crippen LogP contribution is -2.19. The second-order valence-corrected chi connectivity index (χ2v) is 4.09. The summed E-state index contributed by atoms with van der Waals surface area (Å²) in [5.74, 6) is -0.623. The molecule has 0 aliphatic rings. The molecule has 0 saturated heterocycles. The molecule has 2 rings (SSSR count). The average molecular weight is 251 g/mol. The van der Waals surface area contributed by atoms with Gasteiger partial charge in [0.15, 0.2) is 11.6 Å². The number of benzene rings is 1. The molecular weight excluding hydrogens is 236 g/mol. The predicted molar refractivity (Wildman–Crippen MR) is 65.0 cm³/mol. The SMILES string of the molecule is Cn1ccnc1CCNCc1cccc(F)c1F. The van der Waals surface area contributed by atoms with Crippen LogP contribution in [-0.2, 0) is 20.0 Å². The van der Waals surface area contributed by atoms with Gasteiger partial charge in [0.1, 0.15) is 5.82 Å². The van der Waals surface area contributed by atoms with Crippen molar-refractivity contribution in [2.24, 2.45) is 7.05 Å². The van der Waals surface area contributed by atoms with E-state index < -0.39 is 11.6 Å². The molecule has 0 amide bonds. The maximum Gasteiger partial charge on any atom is 0.163 e. The maximum atomic E-state index is 13.3. The third-order valence-electron chi connectivity index (χ3n) is 2.79. The number of nitrogens with one attached hydrogen (secondary N) is 1. The van der Waals surface area contributed by atoms with Crippen molar-refractivity contribution >= 4 is 0 Å². The third-order valence-corrected chi connectivity index (χ3v) is 2.79. The summed E-state index contributed by atoms with van der Waals surface area (Å²) in [7, 11) is 1.93. The number of aromatic nitrogens is 2. The first-order valence-corrected chi connectivity index (χ1v) is 5.78. The molecule has 96 valence electrons. The van der Waals surface area contributed by atoms with E-state index >= 15 is 0 Å². The highest BCUT2D eigenvalue weighted by Crippen LogP contribution is 2.10. The Morgan fingerprint density at radius 1 is 1.33 bits per heavy atom. The van der Waals surface area contributed by atoms with Gasteiger partial charge in [-0.05, 0) is 6.07 Å². The fraction of sp³-hybridized carbons (Fsp3) is 0.308. The second-order valence-electron chi connectivity index (χ2n) is 4.09. The maximum absolute atomic E-state index is 13.3. The molecule has 0 aliphatic carbocycles. The van der Waals surface area contributed by atoms with Gasteiger partial charge in [-0.3, -0.25) is 0 Å². The summed E-state index contributed by atoms with van der Waals surface area (Å²) in [5.41, 5.74) is 0.342. The molecule has 1 heterocycles. The molecule has 0 bridgehead atoms. The van der Waals surface area contributed by atoms with Crippen LogP contribution in [-0.4, -0.2) is 16.1 Å². The van der Waals surface area contributed by atoms with Crippen molar-refractivity contribution in [2.45, 2.75) is 13.0 Å². The zero-order valence-electron chi connectivity index (χ0n) is 10.2. The van der Waals surface area contributed by atoms with Crippen molar-refractivity contribution in [3.05, 3.63) is 53.6 Å². The topological polar surface area (TPSA) is 29.9 Å². The molecule has 0 spiro atoms. The number of halogens is 2. The highest BCUT2D eigenvalue weighted by molar-refractivity contribution is 5.18. The van der Waals surface area contributed by atoms with E-state index in [2.05, 4.69) is 10.3 Å². The van der Waals surface area contributed by atoms with Crippen LogP contribution in [0.3, 0.4) is 0 Å². The molecule has 0 radical (unpaired) electrons.